The van der Waals surface area contributed by atoms with Crippen molar-refractivity contribution in [2.45, 2.75) is 19.8 Å². The van der Waals surface area contributed by atoms with Gasteiger partial charge in [0.25, 0.3) is 11.8 Å². The lowest BCUT2D eigenvalue weighted by molar-refractivity contribution is -0.116. The summed E-state index contributed by atoms with van der Waals surface area (Å²) in [6.07, 6.45) is 0.965. The van der Waals surface area contributed by atoms with Crippen molar-refractivity contribution in [1.29, 1.82) is 0 Å². The number of anilines is 1. The topological polar surface area (TPSA) is 66.5 Å². The molecule has 25 heavy (non-hydrogen) atoms. The van der Waals surface area contributed by atoms with Crippen LogP contribution in [0.1, 0.15) is 39.6 Å². The van der Waals surface area contributed by atoms with E-state index in [2.05, 4.69) is 12.2 Å². The van der Waals surface area contributed by atoms with Gasteiger partial charge in [-0.2, -0.15) is 0 Å². The first-order valence-electron chi connectivity index (χ1n) is 8.04. The Labute approximate surface area is 150 Å². The normalized spacial score (nSPS) is 13.1. The summed E-state index contributed by atoms with van der Waals surface area (Å²) in [6.45, 7) is 2.09. The van der Waals surface area contributed by atoms with Gasteiger partial charge in [-0.1, -0.05) is 30.7 Å². The Morgan fingerprint density at radius 1 is 1.04 bits per heavy atom. The lowest BCUT2D eigenvalue weighted by Gasteiger charge is -2.13. The predicted molar refractivity (Wildman–Crippen MR) is 95.9 cm³/mol. The number of imide groups is 1. The van der Waals surface area contributed by atoms with E-state index < -0.39 is 11.8 Å². The maximum Gasteiger partial charge on any atom is 0.261 e. The molecule has 128 valence electrons. The number of aryl methyl sites for hydroxylation is 1. The molecule has 0 saturated carbocycles. The average Bonchev–Trinajstić information content (AvgIpc) is 2.84. The van der Waals surface area contributed by atoms with Gasteiger partial charge in [0.05, 0.1) is 11.1 Å². The van der Waals surface area contributed by atoms with E-state index in [1.165, 1.54) is 17.7 Å². The molecule has 2 aromatic carbocycles. The molecule has 0 atom stereocenters. The number of halogens is 1. The number of amides is 3. The fraction of sp³-hybridized carbons (Fsp3) is 0.211. The second kappa shape index (κ2) is 7.07. The van der Waals surface area contributed by atoms with E-state index in [1.54, 1.807) is 6.07 Å². The lowest BCUT2D eigenvalue weighted by atomic mass is 10.1. The Kier molecular flexibility index (Phi) is 4.86. The Morgan fingerprint density at radius 2 is 1.72 bits per heavy atom. The summed E-state index contributed by atoms with van der Waals surface area (Å²) in [5, 5.41) is 3.17. The van der Waals surface area contributed by atoms with Crippen molar-refractivity contribution in [1.82, 2.24) is 4.90 Å². The van der Waals surface area contributed by atoms with Crippen LogP contribution in [0.2, 0.25) is 5.02 Å². The van der Waals surface area contributed by atoms with Crippen LogP contribution < -0.4 is 5.32 Å². The number of nitrogens with zero attached hydrogens (tertiary/aromatic N) is 1. The molecular formula is C19H17ClN2O3. The number of nitrogens with one attached hydrogen (secondary N) is 1. The molecule has 5 nitrogen and oxygen atoms in total. The van der Waals surface area contributed by atoms with Crippen LogP contribution in [0.15, 0.2) is 42.5 Å². The summed E-state index contributed by atoms with van der Waals surface area (Å²) >= 11 is 5.88. The van der Waals surface area contributed by atoms with Gasteiger partial charge in [0, 0.05) is 23.7 Å². The van der Waals surface area contributed by atoms with Gasteiger partial charge in [-0.25, -0.2) is 0 Å². The van der Waals surface area contributed by atoms with E-state index in [9.17, 15) is 14.4 Å². The number of carbonyl (C=O) groups is 3. The molecule has 0 aliphatic carbocycles. The Bertz CT molecular complexity index is 846. The predicted octanol–water partition coefficient (Wildman–Crippen LogP) is 3.53. The molecule has 0 fully saturated rings. The molecule has 0 radical (unpaired) electrons. The van der Waals surface area contributed by atoms with Crippen LogP contribution in [0.3, 0.4) is 0 Å². The monoisotopic (exact) mass is 356 g/mol. The zero-order chi connectivity index (χ0) is 18.0. The summed E-state index contributed by atoms with van der Waals surface area (Å²) in [5.41, 5.74) is 2.48. The highest BCUT2D eigenvalue weighted by atomic mass is 35.5. The van der Waals surface area contributed by atoms with Crippen LogP contribution >= 0.6 is 11.6 Å². The van der Waals surface area contributed by atoms with E-state index in [1.807, 2.05) is 24.3 Å². The molecule has 0 unspecified atom stereocenters. The van der Waals surface area contributed by atoms with Gasteiger partial charge >= 0.3 is 0 Å². The summed E-state index contributed by atoms with van der Waals surface area (Å²) in [5.74, 6) is -1.06. The minimum absolute atomic E-state index is 0.0306. The zero-order valence-corrected chi connectivity index (χ0v) is 14.5. The fourth-order valence-corrected chi connectivity index (χ4v) is 2.90. The van der Waals surface area contributed by atoms with Crippen LogP contribution in [-0.4, -0.2) is 29.2 Å². The largest absolute Gasteiger partial charge is 0.326 e. The van der Waals surface area contributed by atoms with E-state index in [-0.39, 0.29) is 24.4 Å². The summed E-state index contributed by atoms with van der Waals surface area (Å²) in [6, 6.07) is 12.1. The average molecular weight is 357 g/mol. The molecule has 0 saturated heterocycles. The van der Waals surface area contributed by atoms with Crippen molar-refractivity contribution >= 4 is 35.0 Å². The van der Waals surface area contributed by atoms with Gasteiger partial charge in [-0.3, -0.25) is 19.3 Å². The Morgan fingerprint density at radius 3 is 2.40 bits per heavy atom. The fourth-order valence-electron chi connectivity index (χ4n) is 2.73. The first-order valence-corrected chi connectivity index (χ1v) is 8.42. The molecule has 3 amide bonds. The summed E-state index contributed by atoms with van der Waals surface area (Å²) in [7, 11) is 0. The van der Waals surface area contributed by atoms with Crippen molar-refractivity contribution in [2.75, 3.05) is 11.9 Å². The zero-order valence-electron chi connectivity index (χ0n) is 13.7. The lowest BCUT2D eigenvalue weighted by Crippen LogP contribution is -2.32. The van der Waals surface area contributed by atoms with Gasteiger partial charge < -0.3 is 5.32 Å². The minimum atomic E-state index is -0.414. The van der Waals surface area contributed by atoms with Gasteiger partial charge in [0.1, 0.15) is 0 Å². The molecular weight excluding hydrogens is 340 g/mol. The van der Waals surface area contributed by atoms with Gasteiger partial charge in [0.2, 0.25) is 5.91 Å². The van der Waals surface area contributed by atoms with Crippen LogP contribution in [0, 0.1) is 0 Å². The Hall–Kier alpha value is -2.66. The molecule has 1 heterocycles. The SMILES string of the molecule is CCc1ccc(NC(=O)CCN2C(=O)c3ccc(Cl)cc3C2=O)cc1. The Balaban J connectivity index is 1.61. The van der Waals surface area contributed by atoms with Crippen LogP contribution in [0.25, 0.3) is 0 Å². The third-order valence-electron chi connectivity index (χ3n) is 4.14. The molecule has 2 aromatic rings. The second-order valence-corrected chi connectivity index (χ2v) is 6.24. The highest BCUT2D eigenvalue weighted by molar-refractivity contribution is 6.32. The summed E-state index contributed by atoms with van der Waals surface area (Å²) < 4.78 is 0. The molecule has 6 heteroatoms. The van der Waals surface area contributed by atoms with E-state index >= 15 is 0 Å². The van der Waals surface area contributed by atoms with E-state index in [0.29, 0.717) is 16.3 Å². The maximum absolute atomic E-state index is 12.3. The van der Waals surface area contributed by atoms with Gasteiger partial charge in [-0.05, 0) is 42.3 Å². The maximum atomic E-state index is 12.3. The van der Waals surface area contributed by atoms with Crippen molar-refractivity contribution in [3.63, 3.8) is 0 Å². The second-order valence-electron chi connectivity index (χ2n) is 5.80. The number of hydrogen-bond acceptors (Lipinski definition) is 3. The van der Waals surface area contributed by atoms with Crippen molar-refractivity contribution in [2.24, 2.45) is 0 Å². The number of benzene rings is 2. The number of fused-ring (bicyclic) bond motifs is 1. The quantitative estimate of drug-likeness (QED) is 0.833. The summed E-state index contributed by atoms with van der Waals surface area (Å²) in [4.78, 5) is 37.8. The van der Waals surface area contributed by atoms with Gasteiger partial charge in [0.15, 0.2) is 0 Å². The molecule has 1 aliphatic heterocycles. The standard InChI is InChI=1S/C19H17ClN2O3/c1-2-12-3-6-14(7-4-12)21-17(23)9-10-22-18(24)15-8-5-13(20)11-16(15)19(22)25/h3-8,11H,2,9-10H2,1H3,(H,21,23). The van der Waals surface area contributed by atoms with E-state index in [4.69, 9.17) is 11.6 Å². The van der Waals surface area contributed by atoms with Crippen LogP contribution in [-0.2, 0) is 11.2 Å². The molecule has 3 rings (SSSR count). The van der Waals surface area contributed by atoms with Crippen molar-refractivity contribution in [3.8, 4) is 0 Å². The third kappa shape index (κ3) is 3.56. The van der Waals surface area contributed by atoms with Crippen LogP contribution in [0.4, 0.5) is 5.69 Å². The third-order valence-corrected chi connectivity index (χ3v) is 4.38. The van der Waals surface area contributed by atoms with Gasteiger partial charge in [-0.15, -0.1) is 0 Å². The molecule has 0 spiro atoms. The first kappa shape index (κ1) is 17.2. The number of carbonyl (C=O) groups excluding carboxylic acids is 3. The molecule has 1 aliphatic rings. The van der Waals surface area contributed by atoms with E-state index in [0.717, 1.165) is 11.3 Å². The van der Waals surface area contributed by atoms with Crippen molar-refractivity contribution in [3.05, 3.63) is 64.2 Å². The number of rotatable bonds is 5. The molecule has 1 N–H and O–H groups in total. The first-order chi connectivity index (χ1) is 12.0. The van der Waals surface area contributed by atoms with Crippen molar-refractivity contribution < 1.29 is 14.4 Å². The smallest absolute Gasteiger partial charge is 0.261 e. The highest BCUT2D eigenvalue weighted by Crippen LogP contribution is 2.25. The highest BCUT2D eigenvalue weighted by Gasteiger charge is 2.35. The minimum Gasteiger partial charge on any atom is -0.326 e. The molecule has 0 aromatic heterocycles. The van der Waals surface area contributed by atoms with Crippen LogP contribution in [0.5, 0.6) is 0 Å². The molecule has 0 bridgehead atoms. The number of hydrogen-bond donors (Lipinski definition) is 1.